The Kier molecular flexibility index (Phi) is 2.80. The molecule has 8 heteroatoms. The monoisotopic (exact) mass is 275 g/mol. The van der Waals surface area contributed by atoms with Gasteiger partial charge < -0.3 is 5.32 Å². The number of aryl methyl sites for hydroxylation is 2. The number of rotatable bonds is 3. The minimum atomic E-state index is 0.390. The lowest BCUT2D eigenvalue weighted by atomic mass is 10.3. The Hall–Kier alpha value is -2.19. The lowest BCUT2D eigenvalue weighted by molar-refractivity contribution is 0.768. The summed E-state index contributed by atoms with van der Waals surface area (Å²) in [7, 11) is 1.86. The summed E-state index contributed by atoms with van der Waals surface area (Å²) in [6.45, 7) is 2.04. The molecule has 3 heterocycles. The number of anilines is 3. The Bertz CT molecular complexity index is 730. The molecule has 4 N–H and O–H groups in total. The third-order valence-electron chi connectivity index (χ3n) is 2.61. The van der Waals surface area contributed by atoms with Gasteiger partial charge in [-0.2, -0.15) is 10.1 Å². The predicted molar refractivity (Wildman–Crippen MR) is 76.5 cm³/mol. The van der Waals surface area contributed by atoms with Crippen molar-refractivity contribution >= 4 is 39.0 Å². The summed E-state index contributed by atoms with van der Waals surface area (Å²) in [5.41, 5.74) is 3.35. The first-order chi connectivity index (χ1) is 9.15. The molecule has 0 aliphatic rings. The van der Waals surface area contributed by atoms with Crippen molar-refractivity contribution in [3.05, 3.63) is 23.3 Å². The van der Waals surface area contributed by atoms with Gasteiger partial charge in [-0.1, -0.05) is 0 Å². The van der Waals surface area contributed by atoms with Crippen LogP contribution in [0.1, 0.15) is 4.88 Å². The molecule has 0 amide bonds. The Morgan fingerprint density at radius 1 is 1.37 bits per heavy atom. The summed E-state index contributed by atoms with van der Waals surface area (Å²) in [5, 5.41) is 8.32. The Balaban J connectivity index is 2.09. The molecule has 0 spiro atoms. The first-order valence-corrected chi connectivity index (χ1v) is 6.48. The van der Waals surface area contributed by atoms with Crippen LogP contribution in [0.2, 0.25) is 0 Å². The van der Waals surface area contributed by atoms with E-state index >= 15 is 0 Å². The van der Waals surface area contributed by atoms with E-state index < -0.39 is 0 Å². The highest BCUT2D eigenvalue weighted by molar-refractivity contribution is 7.18. The number of thiophene rings is 1. The third kappa shape index (κ3) is 2.23. The standard InChI is InChI=1S/C11H13N7S/c1-6-3-8-9(14-7-4-13-18(2)5-7)15-11(17-12)16-10(8)19-6/h3-5H,12H2,1-2H3,(H2,14,15,16,17). The number of hydrazine groups is 1. The minimum absolute atomic E-state index is 0.390. The molecule has 98 valence electrons. The van der Waals surface area contributed by atoms with Gasteiger partial charge in [0, 0.05) is 18.1 Å². The summed E-state index contributed by atoms with van der Waals surface area (Å²) < 4.78 is 1.72. The summed E-state index contributed by atoms with van der Waals surface area (Å²) in [4.78, 5) is 10.8. The van der Waals surface area contributed by atoms with Crippen LogP contribution >= 0.6 is 11.3 Å². The average molecular weight is 275 g/mol. The number of nitrogens with one attached hydrogen (secondary N) is 2. The maximum Gasteiger partial charge on any atom is 0.240 e. The molecule has 0 aromatic carbocycles. The zero-order valence-electron chi connectivity index (χ0n) is 10.5. The largest absolute Gasteiger partial charge is 0.337 e. The molecule has 3 aromatic heterocycles. The zero-order valence-corrected chi connectivity index (χ0v) is 11.3. The highest BCUT2D eigenvalue weighted by Gasteiger charge is 2.11. The van der Waals surface area contributed by atoms with E-state index in [4.69, 9.17) is 5.84 Å². The Morgan fingerprint density at radius 2 is 2.21 bits per heavy atom. The highest BCUT2D eigenvalue weighted by Crippen LogP contribution is 2.30. The molecule has 0 fully saturated rings. The van der Waals surface area contributed by atoms with Gasteiger partial charge in [-0.25, -0.2) is 10.8 Å². The lowest BCUT2D eigenvalue weighted by Crippen LogP contribution is -2.11. The van der Waals surface area contributed by atoms with Crippen LogP contribution in [0.3, 0.4) is 0 Å². The summed E-state index contributed by atoms with van der Waals surface area (Å²) in [5.74, 6) is 6.51. The third-order valence-corrected chi connectivity index (χ3v) is 3.56. The second-order valence-corrected chi connectivity index (χ2v) is 5.38. The van der Waals surface area contributed by atoms with Crippen LogP contribution in [0.15, 0.2) is 18.5 Å². The van der Waals surface area contributed by atoms with Crippen LogP contribution in [0.4, 0.5) is 17.5 Å². The number of hydrogen-bond donors (Lipinski definition) is 3. The Morgan fingerprint density at radius 3 is 2.89 bits per heavy atom. The van der Waals surface area contributed by atoms with Crippen LogP contribution in [0.5, 0.6) is 0 Å². The number of nitrogens with two attached hydrogens (primary N) is 1. The minimum Gasteiger partial charge on any atom is -0.337 e. The van der Waals surface area contributed by atoms with Crippen LogP contribution in [0.25, 0.3) is 10.2 Å². The van der Waals surface area contributed by atoms with E-state index in [-0.39, 0.29) is 0 Å². The fourth-order valence-corrected chi connectivity index (χ4v) is 2.70. The van der Waals surface area contributed by atoms with Crippen molar-refractivity contribution in [2.24, 2.45) is 12.9 Å². The van der Waals surface area contributed by atoms with Crippen molar-refractivity contribution < 1.29 is 0 Å². The van der Waals surface area contributed by atoms with Gasteiger partial charge in [-0.3, -0.25) is 10.1 Å². The summed E-state index contributed by atoms with van der Waals surface area (Å²) in [6.07, 6.45) is 3.62. The highest BCUT2D eigenvalue weighted by atomic mass is 32.1. The zero-order chi connectivity index (χ0) is 13.4. The van der Waals surface area contributed by atoms with Crippen molar-refractivity contribution in [1.29, 1.82) is 0 Å². The lowest BCUT2D eigenvalue weighted by Gasteiger charge is -2.06. The second kappa shape index (κ2) is 4.48. The van der Waals surface area contributed by atoms with E-state index in [1.54, 1.807) is 22.2 Å². The molecule has 0 saturated heterocycles. The Labute approximate surface area is 113 Å². The van der Waals surface area contributed by atoms with Gasteiger partial charge in [0.15, 0.2) is 0 Å². The smallest absolute Gasteiger partial charge is 0.240 e. The van der Waals surface area contributed by atoms with Gasteiger partial charge in [0.05, 0.1) is 17.3 Å². The molecule has 0 atom stereocenters. The molecule has 0 unspecified atom stereocenters. The van der Waals surface area contributed by atoms with E-state index in [0.29, 0.717) is 5.95 Å². The van der Waals surface area contributed by atoms with Crippen LogP contribution in [-0.4, -0.2) is 19.7 Å². The first kappa shape index (κ1) is 11.9. The summed E-state index contributed by atoms with van der Waals surface area (Å²) >= 11 is 1.60. The number of fused-ring (bicyclic) bond motifs is 1. The molecular formula is C11H13N7S. The summed E-state index contributed by atoms with van der Waals surface area (Å²) in [6, 6.07) is 2.05. The molecule has 19 heavy (non-hydrogen) atoms. The molecule has 0 radical (unpaired) electrons. The van der Waals surface area contributed by atoms with E-state index in [1.165, 1.54) is 4.88 Å². The molecule has 3 aromatic rings. The van der Waals surface area contributed by atoms with Crippen LogP contribution < -0.4 is 16.6 Å². The topological polar surface area (TPSA) is 93.7 Å². The predicted octanol–water partition coefficient (Wildman–Crippen LogP) is 1.76. The van der Waals surface area contributed by atoms with Crippen molar-refractivity contribution in [3.8, 4) is 0 Å². The van der Waals surface area contributed by atoms with Crippen molar-refractivity contribution in [3.63, 3.8) is 0 Å². The number of nitrogen functional groups attached to an aromatic ring is 1. The van der Waals surface area contributed by atoms with Crippen molar-refractivity contribution in [2.75, 3.05) is 10.7 Å². The van der Waals surface area contributed by atoms with E-state index in [9.17, 15) is 0 Å². The van der Waals surface area contributed by atoms with Crippen LogP contribution in [0, 0.1) is 6.92 Å². The van der Waals surface area contributed by atoms with Gasteiger partial charge >= 0.3 is 0 Å². The van der Waals surface area contributed by atoms with Crippen molar-refractivity contribution in [1.82, 2.24) is 19.7 Å². The SMILES string of the molecule is Cc1cc2c(Nc3cnn(C)c3)nc(NN)nc2s1. The van der Waals surface area contributed by atoms with E-state index in [0.717, 1.165) is 21.7 Å². The van der Waals surface area contributed by atoms with E-state index in [2.05, 4.69) is 31.9 Å². The fourth-order valence-electron chi connectivity index (χ4n) is 1.82. The van der Waals surface area contributed by atoms with Gasteiger partial charge in [0.1, 0.15) is 10.6 Å². The molecule has 0 aliphatic heterocycles. The normalized spacial score (nSPS) is 10.9. The second-order valence-electron chi connectivity index (χ2n) is 4.14. The first-order valence-electron chi connectivity index (χ1n) is 5.66. The van der Waals surface area contributed by atoms with Gasteiger partial charge in [-0.15, -0.1) is 11.3 Å². The maximum atomic E-state index is 5.40. The number of aromatic nitrogens is 4. The van der Waals surface area contributed by atoms with E-state index in [1.807, 2.05) is 20.2 Å². The van der Waals surface area contributed by atoms with Crippen LogP contribution in [-0.2, 0) is 7.05 Å². The van der Waals surface area contributed by atoms with Gasteiger partial charge in [-0.05, 0) is 13.0 Å². The molecule has 0 bridgehead atoms. The molecule has 0 saturated carbocycles. The molecular weight excluding hydrogens is 262 g/mol. The number of hydrogen-bond acceptors (Lipinski definition) is 7. The van der Waals surface area contributed by atoms with Gasteiger partial charge in [0.2, 0.25) is 5.95 Å². The van der Waals surface area contributed by atoms with Crippen molar-refractivity contribution in [2.45, 2.75) is 6.92 Å². The maximum absolute atomic E-state index is 5.40. The average Bonchev–Trinajstić information content (AvgIpc) is 2.94. The van der Waals surface area contributed by atoms with Gasteiger partial charge in [0.25, 0.3) is 0 Å². The number of nitrogens with zero attached hydrogens (tertiary/aromatic N) is 4. The molecule has 7 nitrogen and oxygen atoms in total. The fraction of sp³-hybridized carbons (Fsp3) is 0.182. The molecule has 3 rings (SSSR count). The molecule has 0 aliphatic carbocycles. The quantitative estimate of drug-likeness (QED) is 0.498.